The summed E-state index contributed by atoms with van der Waals surface area (Å²) in [4.78, 5) is 3.78. The Balaban J connectivity index is 2.36. The predicted molar refractivity (Wildman–Crippen MR) is 67.5 cm³/mol. The second-order valence-electron chi connectivity index (χ2n) is 3.91. The summed E-state index contributed by atoms with van der Waals surface area (Å²) in [7, 11) is 0. The van der Waals surface area contributed by atoms with Crippen molar-refractivity contribution in [1.29, 1.82) is 0 Å². The highest BCUT2D eigenvalue weighted by molar-refractivity contribution is 6.35. The van der Waals surface area contributed by atoms with Gasteiger partial charge in [-0.2, -0.15) is 5.10 Å². The average molecular weight is 288 g/mol. The van der Waals surface area contributed by atoms with Crippen LogP contribution in [0.5, 0.6) is 0 Å². The topological polar surface area (TPSA) is 71.2 Å². The Morgan fingerprint density at radius 1 is 1.33 bits per heavy atom. The molecule has 0 radical (unpaired) electrons. The molecule has 0 aliphatic rings. The van der Waals surface area contributed by atoms with E-state index in [2.05, 4.69) is 10.1 Å². The standard InChI is InChI=1S/C11H11Cl2N3O2/c12-8-1-2-9(10(13)3-8)11(18,5-17)4-16-7-14-6-15-16/h1-3,6-7,17-18H,4-5H2. The van der Waals surface area contributed by atoms with Crippen LogP contribution in [0.25, 0.3) is 0 Å². The van der Waals surface area contributed by atoms with Crippen LogP contribution in [0.4, 0.5) is 0 Å². The molecule has 0 bridgehead atoms. The van der Waals surface area contributed by atoms with E-state index >= 15 is 0 Å². The van der Waals surface area contributed by atoms with E-state index in [-0.39, 0.29) is 6.54 Å². The number of hydrogen-bond donors (Lipinski definition) is 2. The molecular formula is C11H11Cl2N3O2. The normalized spacial score (nSPS) is 14.4. The third-order valence-corrected chi connectivity index (χ3v) is 3.13. The van der Waals surface area contributed by atoms with E-state index in [9.17, 15) is 10.2 Å². The number of hydrogen-bond acceptors (Lipinski definition) is 4. The van der Waals surface area contributed by atoms with Crippen LogP contribution in [-0.4, -0.2) is 31.6 Å². The summed E-state index contributed by atoms with van der Waals surface area (Å²) >= 11 is 11.8. The third-order valence-electron chi connectivity index (χ3n) is 2.58. The summed E-state index contributed by atoms with van der Waals surface area (Å²) in [6.45, 7) is -0.445. The second-order valence-corrected chi connectivity index (χ2v) is 4.75. The van der Waals surface area contributed by atoms with Crippen molar-refractivity contribution in [2.75, 3.05) is 6.61 Å². The van der Waals surface area contributed by atoms with Crippen molar-refractivity contribution in [2.45, 2.75) is 12.1 Å². The van der Waals surface area contributed by atoms with E-state index in [0.717, 1.165) is 0 Å². The lowest BCUT2D eigenvalue weighted by atomic mass is 9.94. The third kappa shape index (κ3) is 2.64. The summed E-state index contributed by atoms with van der Waals surface area (Å²) in [5.74, 6) is 0. The molecule has 1 aromatic heterocycles. The van der Waals surface area contributed by atoms with Crippen LogP contribution >= 0.6 is 23.2 Å². The van der Waals surface area contributed by atoms with Crippen molar-refractivity contribution < 1.29 is 10.2 Å². The Kier molecular flexibility index (Phi) is 3.87. The van der Waals surface area contributed by atoms with Gasteiger partial charge in [0.15, 0.2) is 0 Å². The Morgan fingerprint density at radius 2 is 2.11 bits per heavy atom. The van der Waals surface area contributed by atoms with Crippen LogP contribution in [0.3, 0.4) is 0 Å². The molecule has 2 rings (SSSR count). The number of rotatable bonds is 4. The number of aliphatic hydroxyl groups is 2. The molecule has 5 nitrogen and oxygen atoms in total. The fourth-order valence-corrected chi connectivity index (χ4v) is 2.25. The Labute approximate surface area is 114 Å². The van der Waals surface area contributed by atoms with Crippen molar-refractivity contribution >= 4 is 23.2 Å². The molecule has 0 aliphatic carbocycles. The Bertz CT molecular complexity index is 533. The lowest BCUT2D eigenvalue weighted by Gasteiger charge is -2.27. The van der Waals surface area contributed by atoms with Gasteiger partial charge in [0.1, 0.15) is 18.3 Å². The monoisotopic (exact) mass is 287 g/mol. The highest BCUT2D eigenvalue weighted by atomic mass is 35.5. The van der Waals surface area contributed by atoms with Gasteiger partial charge in [-0.1, -0.05) is 29.3 Å². The molecule has 0 amide bonds. The average Bonchev–Trinajstić information content (AvgIpc) is 2.81. The van der Waals surface area contributed by atoms with Gasteiger partial charge in [-0.15, -0.1) is 0 Å². The zero-order valence-electron chi connectivity index (χ0n) is 9.29. The van der Waals surface area contributed by atoms with Gasteiger partial charge >= 0.3 is 0 Å². The number of nitrogens with zero attached hydrogens (tertiary/aromatic N) is 3. The molecule has 0 fully saturated rings. The van der Waals surface area contributed by atoms with Crippen LogP contribution in [0.1, 0.15) is 5.56 Å². The van der Waals surface area contributed by atoms with Crippen LogP contribution in [0.15, 0.2) is 30.9 Å². The van der Waals surface area contributed by atoms with E-state index in [0.29, 0.717) is 15.6 Å². The first-order valence-electron chi connectivity index (χ1n) is 5.16. The molecule has 1 unspecified atom stereocenters. The summed E-state index contributed by atoms with van der Waals surface area (Å²) in [5, 5.41) is 24.5. The fourth-order valence-electron chi connectivity index (χ4n) is 1.67. The van der Waals surface area contributed by atoms with Crippen LogP contribution in [-0.2, 0) is 12.1 Å². The first kappa shape index (κ1) is 13.3. The molecule has 2 N–H and O–H groups in total. The fraction of sp³-hybridized carbons (Fsp3) is 0.273. The van der Waals surface area contributed by atoms with Gasteiger partial charge in [0, 0.05) is 15.6 Å². The molecule has 2 aromatic rings. The molecule has 0 saturated heterocycles. The van der Waals surface area contributed by atoms with Crippen molar-refractivity contribution in [3.8, 4) is 0 Å². The Hall–Kier alpha value is -1.14. The zero-order valence-corrected chi connectivity index (χ0v) is 10.8. The van der Waals surface area contributed by atoms with Crippen LogP contribution < -0.4 is 0 Å². The minimum atomic E-state index is -1.53. The quantitative estimate of drug-likeness (QED) is 0.893. The van der Waals surface area contributed by atoms with E-state index in [4.69, 9.17) is 23.2 Å². The van der Waals surface area contributed by atoms with Crippen molar-refractivity contribution in [3.05, 3.63) is 46.5 Å². The summed E-state index contributed by atoms with van der Waals surface area (Å²) in [6, 6.07) is 4.70. The molecule has 18 heavy (non-hydrogen) atoms. The van der Waals surface area contributed by atoms with E-state index < -0.39 is 12.2 Å². The van der Waals surface area contributed by atoms with E-state index in [1.807, 2.05) is 0 Å². The zero-order chi connectivity index (χ0) is 13.2. The number of aliphatic hydroxyl groups excluding tert-OH is 1. The molecule has 0 spiro atoms. The van der Waals surface area contributed by atoms with E-state index in [1.165, 1.54) is 23.4 Å². The smallest absolute Gasteiger partial charge is 0.137 e. The predicted octanol–water partition coefficient (Wildman–Crippen LogP) is 1.46. The van der Waals surface area contributed by atoms with Crippen molar-refractivity contribution in [2.24, 2.45) is 0 Å². The molecule has 1 aromatic carbocycles. The van der Waals surface area contributed by atoms with Crippen LogP contribution in [0.2, 0.25) is 10.0 Å². The summed E-state index contributed by atoms with van der Waals surface area (Å²) in [6.07, 6.45) is 2.80. The molecule has 1 heterocycles. The first-order valence-corrected chi connectivity index (χ1v) is 5.92. The molecule has 96 valence electrons. The summed E-state index contributed by atoms with van der Waals surface area (Å²) in [5.41, 5.74) is -1.14. The van der Waals surface area contributed by atoms with Gasteiger partial charge in [-0.05, 0) is 12.1 Å². The minimum Gasteiger partial charge on any atom is -0.393 e. The minimum absolute atomic E-state index is 0.0465. The Morgan fingerprint density at radius 3 is 2.67 bits per heavy atom. The maximum absolute atomic E-state index is 10.5. The largest absolute Gasteiger partial charge is 0.393 e. The van der Waals surface area contributed by atoms with Gasteiger partial charge in [0.25, 0.3) is 0 Å². The number of aromatic nitrogens is 3. The number of benzene rings is 1. The van der Waals surface area contributed by atoms with Crippen molar-refractivity contribution in [3.63, 3.8) is 0 Å². The first-order chi connectivity index (χ1) is 8.55. The number of halogens is 2. The van der Waals surface area contributed by atoms with Gasteiger partial charge < -0.3 is 10.2 Å². The lowest BCUT2D eigenvalue weighted by Crippen LogP contribution is -2.36. The second kappa shape index (κ2) is 5.24. The highest BCUT2D eigenvalue weighted by Crippen LogP contribution is 2.31. The van der Waals surface area contributed by atoms with Gasteiger partial charge in [-0.3, -0.25) is 0 Å². The SMILES string of the molecule is OCC(O)(Cn1cncn1)c1ccc(Cl)cc1Cl. The molecule has 0 aliphatic heterocycles. The van der Waals surface area contributed by atoms with Crippen molar-refractivity contribution in [1.82, 2.24) is 14.8 Å². The molecule has 7 heteroatoms. The maximum Gasteiger partial charge on any atom is 0.137 e. The molecule has 0 saturated carbocycles. The van der Waals surface area contributed by atoms with Crippen LogP contribution in [0, 0.1) is 0 Å². The van der Waals surface area contributed by atoms with E-state index in [1.54, 1.807) is 12.1 Å². The van der Waals surface area contributed by atoms with Gasteiger partial charge in [-0.25, -0.2) is 9.67 Å². The molecular weight excluding hydrogens is 277 g/mol. The highest BCUT2D eigenvalue weighted by Gasteiger charge is 2.31. The maximum atomic E-state index is 10.5. The summed E-state index contributed by atoms with van der Waals surface area (Å²) < 4.78 is 1.42. The lowest BCUT2D eigenvalue weighted by molar-refractivity contribution is -0.0356. The molecule has 1 atom stereocenters. The van der Waals surface area contributed by atoms with Gasteiger partial charge in [0.05, 0.1) is 13.2 Å². The van der Waals surface area contributed by atoms with Gasteiger partial charge in [0.2, 0.25) is 0 Å².